The van der Waals surface area contributed by atoms with E-state index in [1.165, 1.54) is 31.9 Å². The fourth-order valence-corrected chi connectivity index (χ4v) is 5.14. The second kappa shape index (κ2) is 6.90. The molecule has 0 bridgehead atoms. The first-order valence-electron chi connectivity index (χ1n) is 7.11. The van der Waals surface area contributed by atoms with Crippen LogP contribution in [0.4, 0.5) is 0 Å². The SMILES string of the molecule is CSC1(CNCc2c(Cl)cccc2S(C)(=O)=O)CCCC1. The molecule has 2 rings (SSSR count). The third kappa shape index (κ3) is 4.15. The molecular formula is C15H22ClNO2S2. The summed E-state index contributed by atoms with van der Waals surface area (Å²) in [4.78, 5) is 0.326. The predicted octanol–water partition coefficient (Wildman–Crippen LogP) is 3.51. The van der Waals surface area contributed by atoms with Gasteiger partial charge < -0.3 is 5.32 Å². The van der Waals surface area contributed by atoms with E-state index in [0.717, 1.165) is 6.54 Å². The number of hydrogen-bond donors (Lipinski definition) is 1. The van der Waals surface area contributed by atoms with E-state index in [1.54, 1.807) is 18.2 Å². The van der Waals surface area contributed by atoms with Crippen molar-refractivity contribution >= 4 is 33.2 Å². The van der Waals surface area contributed by atoms with Crippen LogP contribution in [0.15, 0.2) is 23.1 Å². The van der Waals surface area contributed by atoms with Crippen LogP contribution < -0.4 is 5.32 Å². The Morgan fingerprint density at radius 3 is 2.57 bits per heavy atom. The zero-order chi connectivity index (χ0) is 15.5. The Kier molecular flexibility index (Phi) is 5.63. The lowest BCUT2D eigenvalue weighted by Gasteiger charge is -2.27. The van der Waals surface area contributed by atoms with Gasteiger partial charge in [-0.15, -0.1) is 0 Å². The molecule has 0 unspecified atom stereocenters. The first-order valence-corrected chi connectivity index (χ1v) is 10.6. The molecule has 0 amide bonds. The number of benzene rings is 1. The molecule has 21 heavy (non-hydrogen) atoms. The highest BCUT2D eigenvalue weighted by Crippen LogP contribution is 2.39. The number of halogens is 1. The van der Waals surface area contributed by atoms with E-state index in [2.05, 4.69) is 11.6 Å². The fraction of sp³-hybridized carbons (Fsp3) is 0.600. The van der Waals surface area contributed by atoms with Crippen LogP contribution in [0.5, 0.6) is 0 Å². The highest BCUT2D eigenvalue weighted by atomic mass is 35.5. The van der Waals surface area contributed by atoms with E-state index < -0.39 is 9.84 Å². The van der Waals surface area contributed by atoms with Crippen LogP contribution in [0.3, 0.4) is 0 Å². The van der Waals surface area contributed by atoms with Crippen LogP contribution >= 0.6 is 23.4 Å². The number of hydrogen-bond acceptors (Lipinski definition) is 4. The molecule has 1 N–H and O–H groups in total. The van der Waals surface area contributed by atoms with Crippen molar-refractivity contribution in [3.8, 4) is 0 Å². The van der Waals surface area contributed by atoms with Gasteiger partial charge in [-0.1, -0.05) is 30.5 Å². The lowest BCUT2D eigenvalue weighted by molar-refractivity contribution is 0.531. The first-order chi connectivity index (χ1) is 9.88. The monoisotopic (exact) mass is 347 g/mol. The minimum absolute atomic E-state index is 0.298. The van der Waals surface area contributed by atoms with Crippen LogP contribution in [-0.2, 0) is 16.4 Å². The van der Waals surface area contributed by atoms with Gasteiger partial charge in [0.15, 0.2) is 9.84 Å². The maximum atomic E-state index is 11.9. The van der Waals surface area contributed by atoms with Crippen molar-refractivity contribution in [2.45, 2.75) is 41.9 Å². The second-order valence-corrected chi connectivity index (χ2v) is 9.35. The molecule has 1 saturated carbocycles. The molecule has 1 aromatic carbocycles. The Hall–Kier alpha value is -0.230. The maximum absolute atomic E-state index is 11.9. The largest absolute Gasteiger partial charge is 0.311 e. The smallest absolute Gasteiger partial charge is 0.175 e. The summed E-state index contributed by atoms with van der Waals surface area (Å²) in [7, 11) is -3.26. The normalized spacial score (nSPS) is 18.0. The summed E-state index contributed by atoms with van der Waals surface area (Å²) in [6.45, 7) is 1.38. The molecule has 1 aromatic rings. The number of rotatable bonds is 6. The molecule has 1 aliphatic rings. The zero-order valence-corrected chi connectivity index (χ0v) is 14.9. The number of sulfone groups is 1. The van der Waals surface area contributed by atoms with Crippen LogP contribution in [0.2, 0.25) is 5.02 Å². The van der Waals surface area contributed by atoms with Crippen molar-refractivity contribution in [1.29, 1.82) is 0 Å². The Balaban J connectivity index is 2.10. The first kappa shape index (κ1) is 17.1. The molecule has 6 heteroatoms. The van der Waals surface area contributed by atoms with E-state index in [0.29, 0.717) is 26.8 Å². The third-order valence-electron chi connectivity index (χ3n) is 4.17. The molecule has 0 aromatic heterocycles. The second-order valence-electron chi connectivity index (χ2n) is 5.69. The van der Waals surface area contributed by atoms with E-state index >= 15 is 0 Å². The summed E-state index contributed by atoms with van der Waals surface area (Å²) in [5, 5.41) is 3.93. The van der Waals surface area contributed by atoms with Gasteiger partial charge in [-0.3, -0.25) is 0 Å². The van der Waals surface area contributed by atoms with Crippen LogP contribution in [0.1, 0.15) is 31.2 Å². The minimum atomic E-state index is -3.26. The summed E-state index contributed by atoms with van der Waals surface area (Å²) < 4.78 is 24.0. The molecule has 0 aliphatic heterocycles. The van der Waals surface area contributed by atoms with Crippen molar-refractivity contribution in [3.05, 3.63) is 28.8 Å². The average Bonchev–Trinajstić information content (AvgIpc) is 2.89. The summed E-state index contributed by atoms with van der Waals surface area (Å²) in [5.74, 6) is 0. The van der Waals surface area contributed by atoms with Gasteiger partial charge in [0.1, 0.15) is 0 Å². The maximum Gasteiger partial charge on any atom is 0.175 e. The minimum Gasteiger partial charge on any atom is -0.311 e. The highest BCUT2D eigenvalue weighted by molar-refractivity contribution is 8.00. The van der Waals surface area contributed by atoms with E-state index in [9.17, 15) is 8.42 Å². The quantitative estimate of drug-likeness (QED) is 0.855. The molecule has 0 spiro atoms. The standard InChI is InChI=1S/C15H22ClNO2S2/c1-20-15(8-3-4-9-15)11-17-10-12-13(16)6-5-7-14(12)21(2,18)19/h5-7,17H,3-4,8-11H2,1-2H3. The fourth-order valence-electron chi connectivity index (χ4n) is 2.95. The van der Waals surface area contributed by atoms with Gasteiger partial charge in [-0.2, -0.15) is 11.8 Å². The molecule has 118 valence electrons. The lowest BCUT2D eigenvalue weighted by Crippen LogP contribution is -2.35. The summed E-state index contributed by atoms with van der Waals surface area (Å²) in [5.41, 5.74) is 0.677. The van der Waals surface area contributed by atoms with E-state index in [1.807, 2.05) is 11.8 Å². The highest BCUT2D eigenvalue weighted by Gasteiger charge is 2.32. The molecule has 3 nitrogen and oxygen atoms in total. The van der Waals surface area contributed by atoms with E-state index in [4.69, 9.17) is 11.6 Å². The van der Waals surface area contributed by atoms with Crippen LogP contribution in [-0.4, -0.2) is 32.2 Å². The predicted molar refractivity (Wildman–Crippen MR) is 91.0 cm³/mol. The lowest BCUT2D eigenvalue weighted by atomic mass is 10.1. The van der Waals surface area contributed by atoms with Gasteiger partial charge >= 0.3 is 0 Å². The van der Waals surface area contributed by atoms with Gasteiger partial charge in [-0.05, 0) is 31.2 Å². The molecule has 1 aliphatic carbocycles. The van der Waals surface area contributed by atoms with Gasteiger partial charge in [0.05, 0.1) is 4.90 Å². The Morgan fingerprint density at radius 1 is 1.33 bits per heavy atom. The van der Waals surface area contributed by atoms with E-state index in [-0.39, 0.29) is 0 Å². The third-order valence-corrected chi connectivity index (χ3v) is 7.13. The molecule has 1 fully saturated rings. The average molecular weight is 348 g/mol. The van der Waals surface area contributed by atoms with Crippen LogP contribution in [0, 0.1) is 0 Å². The molecule has 0 atom stereocenters. The molecule has 0 heterocycles. The Labute approximate surface area is 136 Å². The summed E-state index contributed by atoms with van der Waals surface area (Å²) in [6, 6.07) is 5.05. The van der Waals surface area contributed by atoms with Crippen LogP contribution in [0.25, 0.3) is 0 Å². The summed E-state index contributed by atoms with van der Waals surface area (Å²) in [6.07, 6.45) is 8.39. The number of thioether (sulfide) groups is 1. The van der Waals surface area contributed by atoms with Gasteiger partial charge in [0.25, 0.3) is 0 Å². The number of nitrogens with one attached hydrogen (secondary N) is 1. The van der Waals surface area contributed by atoms with Crippen molar-refractivity contribution in [3.63, 3.8) is 0 Å². The van der Waals surface area contributed by atoms with Crippen molar-refractivity contribution in [2.24, 2.45) is 0 Å². The van der Waals surface area contributed by atoms with Gasteiger partial charge in [0, 0.05) is 34.7 Å². The Bertz CT molecular complexity index is 596. The Morgan fingerprint density at radius 2 is 2.00 bits per heavy atom. The topological polar surface area (TPSA) is 46.2 Å². The van der Waals surface area contributed by atoms with Crippen molar-refractivity contribution in [1.82, 2.24) is 5.32 Å². The van der Waals surface area contributed by atoms with Gasteiger partial charge in [-0.25, -0.2) is 8.42 Å². The zero-order valence-electron chi connectivity index (χ0n) is 12.5. The molecule has 0 saturated heterocycles. The van der Waals surface area contributed by atoms with Crippen molar-refractivity contribution < 1.29 is 8.42 Å². The summed E-state index contributed by atoms with van der Waals surface area (Å²) >= 11 is 8.10. The van der Waals surface area contributed by atoms with Crippen molar-refractivity contribution in [2.75, 3.05) is 19.1 Å². The molecular weight excluding hydrogens is 326 g/mol. The molecule has 0 radical (unpaired) electrons. The van der Waals surface area contributed by atoms with Gasteiger partial charge in [0.2, 0.25) is 0 Å².